The van der Waals surface area contributed by atoms with Crippen molar-refractivity contribution in [1.82, 2.24) is 10.4 Å². The van der Waals surface area contributed by atoms with E-state index in [1.807, 2.05) is 6.92 Å². The maximum Gasteiger partial charge on any atom is 0.276 e. The normalized spacial score (nSPS) is 15.3. The first-order valence-corrected chi connectivity index (χ1v) is 10.9. The molecule has 1 heterocycles. The molecule has 4 rings (SSSR count). The van der Waals surface area contributed by atoms with Crippen molar-refractivity contribution in [3.8, 4) is 0 Å². The quantitative estimate of drug-likeness (QED) is 0.449. The number of aryl methyl sites for hydroxylation is 1. The molecule has 0 spiro atoms. The highest BCUT2D eigenvalue weighted by Gasteiger charge is 2.45. The predicted molar refractivity (Wildman–Crippen MR) is 123 cm³/mol. The van der Waals surface area contributed by atoms with Crippen molar-refractivity contribution >= 4 is 29.3 Å². The maximum absolute atomic E-state index is 14.4. The van der Waals surface area contributed by atoms with Crippen LogP contribution >= 0.6 is 0 Å². The molecule has 0 radical (unpaired) electrons. The minimum Gasteiger partial charge on any atom is -0.274 e. The molecule has 35 heavy (non-hydrogen) atoms. The molecule has 7 nitrogen and oxygen atoms in total. The van der Waals surface area contributed by atoms with E-state index in [1.165, 1.54) is 30.3 Å². The first kappa shape index (κ1) is 23.7. The van der Waals surface area contributed by atoms with Crippen molar-refractivity contribution in [3.05, 3.63) is 101 Å². The summed E-state index contributed by atoms with van der Waals surface area (Å²) in [5.74, 6) is -4.83. The largest absolute Gasteiger partial charge is 0.276 e. The summed E-state index contributed by atoms with van der Waals surface area (Å²) >= 11 is 0. The number of carbonyl (C=O) groups excluding carboxylic acids is 4. The molecule has 1 saturated heterocycles. The van der Waals surface area contributed by atoms with Gasteiger partial charge in [-0.15, -0.1) is 0 Å². The Balaban J connectivity index is 1.69. The topological polar surface area (TPSA) is 86.8 Å². The Bertz CT molecular complexity index is 1310. The SMILES string of the molecule is CCc1ccc(N2C(=O)CC(N(NC(=O)c3cccc(F)c3)C(=O)c3ccccc3F)C2=O)cc1. The van der Waals surface area contributed by atoms with Crippen LogP contribution in [-0.2, 0) is 16.0 Å². The number of benzene rings is 3. The van der Waals surface area contributed by atoms with Crippen LogP contribution in [-0.4, -0.2) is 34.7 Å². The van der Waals surface area contributed by atoms with E-state index in [9.17, 15) is 28.0 Å². The van der Waals surface area contributed by atoms with Gasteiger partial charge in [-0.25, -0.2) is 18.7 Å². The lowest BCUT2D eigenvalue weighted by molar-refractivity contribution is -0.122. The monoisotopic (exact) mass is 477 g/mol. The fraction of sp³-hybridized carbons (Fsp3) is 0.154. The van der Waals surface area contributed by atoms with E-state index in [0.717, 1.165) is 35.1 Å². The number of rotatable bonds is 5. The summed E-state index contributed by atoms with van der Waals surface area (Å²) in [6, 6.07) is 15.1. The summed E-state index contributed by atoms with van der Waals surface area (Å²) in [6.07, 6.45) is 0.333. The molecule has 4 amide bonds. The Morgan fingerprint density at radius 2 is 1.71 bits per heavy atom. The van der Waals surface area contributed by atoms with E-state index in [1.54, 1.807) is 24.3 Å². The molecule has 3 aromatic carbocycles. The number of imide groups is 1. The number of amides is 4. The summed E-state index contributed by atoms with van der Waals surface area (Å²) in [5, 5.41) is 0.645. The van der Waals surface area contributed by atoms with Crippen molar-refractivity contribution < 1.29 is 28.0 Å². The Hall–Kier alpha value is -4.40. The lowest BCUT2D eigenvalue weighted by Gasteiger charge is -2.28. The second-order valence-corrected chi connectivity index (χ2v) is 7.91. The van der Waals surface area contributed by atoms with Crippen LogP contribution in [0.1, 0.15) is 39.6 Å². The second-order valence-electron chi connectivity index (χ2n) is 7.91. The van der Waals surface area contributed by atoms with E-state index in [-0.39, 0.29) is 5.56 Å². The number of hydrazine groups is 1. The number of carbonyl (C=O) groups is 4. The fourth-order valence-corrected chi connectivity index (χ4v) is 3.81. The Morgan fingerprint density at radius 1 is 1.00 bits per heavy atom. The number of nitrogens with one attached hydrogen (secondary N) is 1. The molecule has 9 heteroatoms. The number of anilines is 1. The second kappa shape index (κ2) is 9.84. The molecule has 0 aromatic heterocycles. The lowest BCUT2D eigenvalue weighted by atomic mass is 10.1. The third kappa shape index (κ3) is 4.79. The average Bonchev–Trinajstić information content (AvgIpc) is 3.15. The molecule has 0 saturated carbocycles. The average molecular weight is 477 g/mol. The van der Waals surface area contributed by atoms with E-state index < -0.39 is 53.3 Å². The number of hydrogen-bond acceptors (Lipinski definition) is 4. The van der Waals surface area contributed by atoms with Gasteiger partial charge in [-0.05, 0) is 54.4 Å². The summed E-state index contributed by atoms with van der Waals surface area (Å²) in [4.78, 5) is 53.2. The van der Waals surface area contributed by atoms with Crippen LogP contribution in [0.3, 0.4) is 0 Å². The van der Waals surface area contributed by atoms with Gasteiger partial charge in [-0.1, -0.05) is 37.3 Å². The molecule has 3 aromatic rings. The minimum atomic E-state index is -1.43. The van der Waals surface area contributed by atoms with Gasteiger partial charge >= 0.3 is 0 Å². The number of hydrogen-bond donors (Lipinski definition) is 1. The van der Waals surface area contributed by atoms with Gasteiger partial charge in [0, 0.05) is 5.56 Å². The van der Waals surface area contributed by atoms with Gasteiger partial charge in [0.2, 0.25) is 5.91 Å². The van der Waals surface area contributed by atoms with Crippen LogP contribution in [0.2, 0.25) is 0 Å². The molecular formula is C26H21F2N3O4. The fourth-order valence-electron chi connectivity index (χ4n) is 3.81. The zero-order valence-electron chi connectivity index (χ0n) is 18.7. The molecule has 1 N–H and O–H groups in total. The van der Waals surface area contributed by atoms with Gasteiger partial charge in [0.1, 0.15) is 17.7 Å². The van der Waals surface area contributed by atoms with Gasteiger partial charge in [0.25, 0.3) is 17.7 Å². The van der Waals surface area contributed by atoms with Crippen LogP contribution < -0.4 is 10.3 Å². The third-order valence-electron chi connectivity index (χ3n) is 5.67. The van der Waals surface area contributed by atoms with Crippen LogP contribution in [0.25, 0.3) is 0 Å². The zero-order valence-corrected chi connectivity index (χ0v) is 18.7. The summed E-state index contributed by atoms with van der Waals surface area (Å²) in [7, 11) is 0. The standard InChI is InChI=1S/C26H21F2N3O4/c1-2-16-10-12-19(13-11-16)30-23(32)15-22(26(30)35)31(25(34)20-8-3-4-9-21(20)28)29-24(33)17-6-5-7-18(27)14-17/h3-14,22H,2,15H2,1H3,(H,29,33). The third-order valence-corrected chi connectivity index (χ3v) is 5.67. The van der Waals surface area contributed by atoms with Crippen LogP contribution in [0.4, 0.5) is 14.5 Å². The smallest absolute Gasteiger partial charge is 0.274 e. The van der Waals surface area contributed by atoms with Crippen LogP contribution in [0.5, 0.6) is 0 Å². The summed E-state index contributed by atoms with van der Waals surface area (Å²) in [6.45, 7) is 1.96. The summed E-state index contributed by atoms with van der Waals surface area (Å²) < 4.78 is 28.0. The van der Waals surface area contributed by atoms with Gasteiger partial charge in [-0.3, -0.25) is 24.6 Å². The van der Waals surface area contributed by atoms with Crippen molar-refractivity contribution in [2.24, 2.45) is 0 Å². The predicted octanol–water partition coefficient (Wildman–Crippen LogP) is 3.65. The molecule has 1 unspecified atom stereocenters. The van der Waals surface area contributed by atoms with Gasteiger partial charge in [0.15, 0.2) is 0 Å². The van der Waals surface area contributed by atoms with Crippen molar-refractivity contribution in [2.45, 2.75) is 25.8 Å². The van der Waals surface area contributed by atoms with Crippen molar-refractivity contribution in [3.63, 3.8) is 0 Å². The highest BCUT2D eigenvalue weighted by Crippen LogP contribution is 2.27. The Kier molecular flexibility index (Phi) is 6.68. The highest BCUT2D eigenvalue weighted by molar-refractivity contribution is 6.23. The van der Waals surface area contributed by atoms with Crippen LogP contribution in [0.15, 0.2) is 72.8 Å². The first-order chi connectivity index (χ1) is 16.8. The van der Waals surface area contributed by atoms with Gasteiger partial charge < -0.3 is 0 Å². The molecule has 1 aliphatic heterocycles. The molecular weight excluding hydrogens is 456 g/mol. The van der Waals surface area contributed by atoms with Gasteiger partial charge in [-0.2, -0.15) is 0 Å². The molecule has 1 aliphatic rings. The lowest BCUT2D eigenvalue weighted by Crippen LogP contribution is -2.55. The Morgan fingerprint density at radius 3 is 2.37 bits per heavy atom. The van der Waals surface area contributed by atoms with Crippen molar-refractivity contribution in [2.75, 3.05) is 4.90 Å². The maximum atomic E-state index is 14.4. The number of nitrogens with zero attached hydrogens (tertiary/aromatic N) is 2. The molecule has 1 fully saturated rings. The molecule has 0 aliphatic carbocycles. The minimum absolute atomic E-state index is 0.125. The highest BCUT2D eigenvalue weighted by atomic mass is 19.1. The summed E-state index contributed by atoms with van der Waals surface area (Å²) in [5.41, 5.74) is 3.07. The van der Waals surface area contributed by atoms with E-state index in [4.69, 9.17) is 0 Å². The van der Waals surface area contributed by atoms with E-state index in [2.05, 4.69) is 5.43 Å². The molecule has 178 valence electrons. The Labute approximate surface area is 199 Å². The molecule has 1 atom stereocenters. The van der Waals surface area contributed by atoms with Crippen molar-refractivity contribution in [1.29, 1.82) is 0 Å². The van der Waals surface area contributed by atoms with E-state index >= 15 is 0 Å². The zero-order chi connectivity index (χ0) is 25.1. The van der Waals surface area contributed by atoms with E-state index in [0.29, 0.717) is 10.7 Å². The van der Waals surface area contributed by atoms with Gasteiger partial charge in [0.05, 0.1) is 17.7 Å². The van der Waals surface area contributed by atoms with Crippen LogP contribution in [0, 0.1) is 11.6 Å². The number of halogens is 2. The molecule has 0 bridgehead atoms. The first-order valence-electron chi connectivity index (χ1n) is 10.9.